The number of nitrogens with one attached hydrogen (secondary N) is 1. The molecule has 1 atom stereocenters. The highest BCUT2D eigenvalue weighted by Gasteiger charge is 2.25. The molecule has 0 bridgehead atoms. The number of hydrogen-bond acceptors (Lipinski definition) is 5. The Morgan fingerprint density at radius 2 is 2.08 bits per heavy atom. The Hall–Kier alpha value is -2.80. The van der Waals surface area contributed by atoms with Gasteiger partial charge in [-0.1, -0.05) is 30.3 Å². The van der Waals surface area contributed by atoms with Gasteiger partial charge in [-0.15, -0.1) is 11.3 Å². The molecule has 128 valence electrons. The van der Waals surface area contributed by atoms with Crippen molar-refractivity contribution in [1.29, 1.82) is 0 Å². The summed E-state index contributed by atoms with van der Waals surface area (Å²) in [5, 5.41) is 9.16. The van der Waals surface area contributed by atoms with Gasteiger partial charge in [0.05, 0.1) is 12.6 Å². The lowest BCUT2D eigenvalue weighted by molar-refractivity contribution is 0.0927. The standard InChI is InChI=1S/C18H17N3O3S/c22-18(17-16-15(12-25-17)23-9-10-24-16)20-14(11-21-8-4-7-19-21)13-5-2-1-3-6-13/h1-8,12,14H,9-11H2,(H,20,22). The Morgan fingerprint density at radius 1 is 1.24 bits per heavy atom. The highest BCUT2D eigenvalue weighted by Crippen LogP contribution is 2.39. The van der Waals surface area contributed by atoms with Gasteiger partial charge >= 0.3 is 0 Å². The fourth-order valence-electron chi connectivity index (χ4n) is 2.76. The molecule has 1 aliphatic heterocycles. The van der Waals surface area contributed by atoms with Crippen LogP contribution in [0.1, 0.15) is 21.3 Å². The van der Waals surface area contributed by atoms with Crippen molar-refractivity contribution in [3.63, 3.8) is 0 Å². The summed E-state index contributed by atoms with van der Waals surface area (Å²) in [6.07, 6.45) is 3.61. The predicted octanol–water partition coefficient (Wildman–Crippen LogP) is 2.89. The first-order valence-electron chi connectivity index (χ1n) is 8.01. The largest absolute Gasteiger partial charge is 0.485 e. The first-order chi connectivity index (χ1) is 12.3. The molecular weight excluding hydrogens is 338 g/mol. The molecule has 1 unspecified atom stereocenters. The second-order valence-electron chi connectivity index (χ2n) is 5.62. The number of benzene rings is 1. The fraction of sp³-hybridized carbons (Fsp3) is 0.222. The molecule has 0 radical (unpaired) electrons. The second kappa shape index (κ2) is 6.98. The van der Waals surface area contributed by atoms with Gasteiger partial charge in [-0.25, -0.2) is 0 Å². The summed E-state index contributed by atoms with van der Waals surface area (Å²) in [4.78, 5) is 13.4. The van der Waals surface area contributed by atoms with Crippen molar-refractivity contribution in [2.24, 2.45) is 0 Å². The lowest BCUT2D eigenvalue weighted by Crippen LogP contribution is -2.31. The molecule has 0 spiro atoms. The summed E-state index contributed by atoms with van der Waals surface area (Å²) in [5.74, 6) is 1.02. The molecule has 1 amide bonds. The number of rotatable bonds is 5. The van der Waals surface area contributed by atoms with Gasteiger partial charge < -0.3 is 14.8 Å². The monoisotopic (exact) mass is 355 g/mol. The number of carbonyl (C=O) groups excluding carboxylic acids is 1. The van der Waals surface area contributed by atoms with E-state index in [1.165, 1.54) is 11.3 Å². The molecule has 0 saturated heterocycles. The number of ether oxygens (including phenoxy) is 2. The minimum atomic E-state index is -0.198. The Morgan fingerprint density at radius 3 is 2.88 bits per heavy atom. The van der Waals surface area contributed by atoms with Crippen LogP contribution >= 0.6 is 11.3 Å². The maximum atomic E-state index is 12.8. The fourth-order valence-corrected chi connectivity index (χ4v) is 3.59. The van der Waals surface area contributed by atoms with E-state index < -0.39 is 0 Å². The van der Waals surface area contributed by atoms with Crippen molar-refractivity contribution in [3.05, 3.63) is 64.6 Å². The van der Waals surface area contributed by atoms with Crippen LogP contribution in [0.3, 0.4) is 0 Å². The van der Waals surface area contributed by atoms with Gasteiger partial charge in [0.15, 0.2) is 11.5 Å². The summed E-state index contributed by atoms with van der Waals surface area (Å²) in [7, 11) is 0. The van der Waals surface area contributed by atoms with Crippen LogP contribution in [-0.2, 0) is 6.54 Å². The van der Waals surface area contributed by atoms with E-state index in [0.717, 1.165) is 5.56 Å². The van der Waals surface area contributed by atoms with Crippen molar-refractivity contribution in [3.8, 4) is 11.5 Å². The lowest BCUT2D eigenvalue weighted by Gasteiger charge is -2.20. The van der Waals surface area contributed by atoms with Crippen molar-refractivity contribution in [2.75, 3.05) is 13.2 Å². The smallest absolute Gasteiger partial charge is 0.265 e. The summed E-state index contributed by atoms with van der Waals surface area (Å²) < 4.78 is 12.9. The van der Waals surface area contributed by atoms with Crippen molar-refractivity contribution in [2.45, 2.75) is 12.6 Å². The van der Waals surface area contributed by atoms with Crippen LogP contribution in [0.5, 0.6) is 11.5 Å². The van der Waals surface area contributed by atoms with Crippen LogP contribution in [-0.4, -0.2) is 28.9 Å². The molecule has 0 saturated carbocycles. The minimum Gasteiger partial charge on any atom is -0.485 e. The maximum absolute atomic E-state index is 12.8. The Balaban J connectivity index is 1.57. The number of aromatic nitrogens is 2. The zero-order chi connectivity index (χ0) is 17.1. The van der Waals surface area contributed by atoms with Crippen LogP contribution in [0.4, 0.5) is 0 Å². The normalized spacial score (nSPS) is 14.1. The van der Waals surface area contributed by atoms with Crippen LogP contribution in [0.25, 0.3) is 0 Å². The lowest BCUT2D eigenvalue weighted by atomic mass is 10.1. The summed E-state index contributed by atoms with van der Waals surface area (Å²) in [6.45, 7) is 1.52. The van der Waals surface area contributed by atoms with Crippen LogP contribution in [0.2, 0.25) is 0 Å². The van der Waals surface area contributed by atoms with E-state index in [1.54, 1.807) is 10.9 Å². The molecule has 1 N–H and O–H groups in total. The molecule has 2 aromatic heterocycles. The Kier molecular flexibility index (Phi) is 4.39. The van der Waals surface area contributed by atoms with Crippen molar-refractivity contribution < 1.29 is 14.3 Å². The minimum absolute atomic E-state index is 0.169. The Bertz CT molecular complexity index is 846. The average Bonchev–Trinajstić information content (AvgIpc) is 3.31. The van der Waals surface area contributed by atoms with E-state index in [9.17, 15) is 4.79 Å². The molecule has 25 heavy (non-hydrogen) atoms. The third kappa shape index (κ3) is 3.36. The summed E-state index contributed by atoms with van der Waals surface area (Å²) in [6, 6.07) is 11.5. The third-order valence-corrected chi connectivity index (χ3v) is 4.88. The number of carbonyl (C=O) groups is 1. The maximum Gasteiger partial charge on any atom is 0.265 e. The molecular formula is C18H17N3O3S. The van der Waals surface area contributed by atoms with Gasteiger partial charge in [0.25, 0.3) is 5.91 Å². The molecule has 6 nitrogen and oxygen atoms in total. The van der Waals surface area contributed by atoms with Gasteiger partial charge in [-0.05, 0) is 11.6 Å². The van der Waals surface area contributed by atoms with E-state index in [0.29, 0.717) is 36.1 Å². The van der Waals surface area contributed by atoms with E-state index in [4.69, 9.17) is 9.47 Å². The van der Waals surface area contributed by atoms with Crippen LogP contribution in [0.15, 0.2) is 54.2 Å². The second-order valence-corrected chi connectivity index (χ2v) is 6.50. The van der Waals surface area contributed by atoms with Gasteiger partial charge in [-0.3, -0.25) is 9.48 Å². The number of nitrogens with zero attached hydrogens (tertiary/aromatic N) is 2. The molecule has 3 heterocycles. The molecule has 0 fully saturated rings. The van der Waals surface area contributed by atoms with Gasteiger partial charge in [-0.2, -0.15) is 5.10 Å². The van der Waals surface area contributed by atoms with Crippen molar-refractivity contribution >= 4 is 17.2 Å². The first kappa shape index (κ1) is 15.7. The van der Waals surface area contributed by atoms with Gasteiger partial charge in [0.1, 0.15) is 18.1 Å². The highest BCUT2D eigenvalue weighted by atomic mass is 32.1. The summed E-state index contributed by atoms with van der Waals surface area (Å²) >= 11 is 1.33. The number of fused-ring (bicyclic) bond motifs is 1. The first-order valence-corrected chi connectivity index (χ1v) is 8.89. The van der Waals surface area contributed by atoms with E-state index in [2.05, 4.69) is 10.4 Å². The predicted molar refractivity (Wildman–Crippen MR) is 94.2 cm³/mol. The zero-order valence-electron chi connectivity index (χ0n) is 13.4. The van der Waals surface area contributed by atoms with E-state index in [1.807, 2.05) is 48.0 Å². The molecule has 1 aliphatic rings. The molecule has 7 heteroatoms. The molecule has 3 aromatic rings. The number of thiophene rings is 1. The highest BCUT2D eigenvalue weighted by molar-refractivity contribution is 7.12. The van der Waals surface area contributed by atoms with Gasteiger partial charge in [0, 0.05) is 17.8 Å². The average molecular weight is 355 g/mol. The summed E-state index contributed by atoms with van der Waals surface area (Å²) in [5.41, 5.74) is 1.02. The molecule has 1 aromatic carbocycles. The number of hydrogen-bond donors (Lipinski definition) is 1. The topological polar surface area (TPSA) is 65.4 Å². The quantitative estimate of drug-likeness (QED) is 0.764. The Labute approximate surface area is 149 Å². The van der Waals surface area contributed by atoms with Crippen LogP contribution in [0, 0.1) is 0 Å². The third-order valence-electron chi connectivity index (χ3n) is 3.94. The molecule has 0 aliphatic carbocycles. The molecule has 4 rings (SSSR count). The van der Waals surface area contributed by atoms with Gasteiger partial charge in [0.2, 0.25) is 0 Å². The van der Waals surface area contributed by atoms with E-state index in [-0.39, 0.29) is 11.9 Å². The SMILES string of the molecule is O=C(NC(Cn1cccn1)c1ccccc1)c1scc2c1OCCO2. The van der Waals surface area contributed by atoms with Crippen LogP contribution < -0.4 is 14.8 Å². The number of amides is 1. The van der Waals surface area contributed by atoms with E-state index >= 15 is 0 Å². The van der Waals surface area contributed by atoms with Crippen molar-refractivity contribution in [1.82, 2.24) is 15.1 Å². The zero-order valence-corrected chi connectivity index (χ0v) is 14.2.